The monoisotopic (exact) mass is 427 g/mol. The first-order valence-electron chi connectivity index (χ1n) is 11.1. The number of fused-ring (bicyclic) bond motifs is 1. The number of aromatic nitrogens is 1. The van der Waals surface area contributed by atoms with E-state index in [0.717, 1.165) is 28.5 Å². The van der Waals surface area contributed by atoms with E-state index in [4.69, 9.17) is 16.9 Å². The Morgan fingerprint density at radius 1 is 1.31 bits per heavy atom. The molecule has 2 heterocycles. The molecule has 5 heteroatoms. The van der Waals surface area contributed by atoms with E-state index < -0.39 is 0 Å². The molecule has 1 saturated heterocycles. The van der Waals surface area contributed by atoms with Gasteiger partial charge in [-0.3, -0.25) is 4.79 Å². The molecule has 0 radical (unpaired) electrons. The number of nitrogens with one attached hydrogen (secondary N) is 1. The number of ether oxygens (including phenoxy) is 1. The van der Waals surface area contributed by atoms with Gasteiger partial charge in [0.05, 0.1) is 12.1 Å². The third-order valence-electron chi connectivity index (χ3n) is 6.17. The van der Waals surface area contributed by atoms with Crippen LogP contribution in [0, 0.1) is 25.2 Å². The van der Waals surface area contributed by atoms with Crippen molar-refractivity contribution in [3.05, 3.63) is 59.7 Å². The van der Waals surface area contributed by atoms with Gasteiger partial charge in [0.2, 0.25) is 5.91 Å². The number of aryl methyl sites for hydroxylation is 1. The van der Waals surface area contributed by atoms with Crippen LogP contribution in [0.5, 0.6) is 0 Å². The fourth-order valence-corrected chi connectivity index (χ4v) is 4.27. The summed E-state index contributed by atoms with van der Waals surface area (Å²) in [5, 5.41) is 4.14. The van der Waals surface area contributed by atoms with Crippen molar-refractivity contribution in [1.82, 2.24) is 10.3 Å². The van der Waals surface area contributed by atoms with Crippen LogP contribution in [-0.2, 0) is 16.0 Å². The average molecular weight is 428 g/mol. The first-order valence-corrected chi connectivity index (χ1v) is 11.1. The van der Waals surface area contributed by atoms with Crippen molar-refractivity contribution in [2.24, 2.45) is 5.92 Å². The summed E-state index contributed by atoms with van der Waals surface area (Å²) in [6.07, 6.45) is 7.19. The molecular weight excluding hydrogens is 398 g/mol. The Balaban J connectivity index is 1.52. The van der Waals surface area contributed by atoms with Gasteiger partial charge in [0.15, 0.2) is 0 Å². The molecule has 32 heavy (non-hydrogen) atoms. The second-order valence-corrected chi connectivity index (χ2v) is 8.62. The Kier molecular flexibility index (Phi) is 6.43. The quantitative estimate of drug-likeness (QED) is 0.596. The number of rotatable bonds is 5. The number of terminal acetylenes is 1. The summed E-state index contributed by atoms with van der Waals surface area (Å²) in [6, 6.07) is 16.6. The van der Waals surface area contributed by atoms with E-state index in [2.05, 4.69) is 53.5 Å². The van der Waals surface area contributed by atoms with Gasteiger partial charge >= 0.3 is 0 Å². The van der Waals surface area contributed by atoms with E-state index in [1.54, 1.807) is 0 Å². The Morgan fingerprint density at radius 3 is 2.91 bits per heavy atom. The first-order chi connectivity index (χ1) is 15.4. The van der Waals surface area contributed by atoms with Crippen molar-refractivity contribution >= 4 is 22.6 Å². The number of pyridine rings is 1. The van der Waals surface area contributed by atoms with Gasteiger partial charge in [0, 0.05) is 23.8 Å². The van der Waals surface area contributed by atoms with Crippen molar-refractivity contribution < 1.29 is 9.53 Å². The van der Waals surface area contributed by atoms with Crippen LogP contribution >= 0.6 is 0 Å². The summed E-state index contributed by atoms with van der Waals surface area (Å²) >= 11 is 0. The van der Waals surface area contributed by atoms with Gasteiger partial charge in [0.25, 0.3) is 0 Å². The molecule has 0 aliphatic carbocycles. The van der Waals surface area contributed by atoms with Gasteiger partial charge < -0.3 is 15.8 Å². The largest absolute Gasteiger partial charge is 0.383 e. The van der Waals surface area contributed by atoms with Crippen molar-refractivity contribution in [1.29, 1.82) is 0 Å². The predicted octanol–water partition coefficient (Wildman–Crippen LogP) is 4.27. The number of hydrogen-bond acceptors (Lipinski definition) is 4. The van der Waals surface area contributed by atoms with Gasteiger partial charge in [-0.2, -0.15) is 0 Å². The van der Waals surface area contributed by atoms with E-state index in [9.17, 15) is 4.79 Å². The highest BCUT2D eigenvalue weighted by Crippen LogP contribution is 2.28. The lowest BCUT2D eigenvalue weighted by atomic mass is 9.96. The van der Waals surface area contributed by atoms with Crippen molar-refractivity contribution in [2.75, 3.05) is 12.3 Å². The van der Waals surface area contributed by atoms with Crippen molar-refractivity contribution in [2.45, 2.75) is 45.3 Å². The molecular formula is C27H29N3O2. The number of nitrogens with zero attached hydrogens (tertiary/aromatic N) is 1. The maximum atomic E-state index is 12.8. The number of carbonyl (C=O) groups excluding carboxylic acids is 1. The summed E-state index contributed by atoms with van der Waals surface area (Å²) in [4.78, 5) is 17.4. The lowest BCUT2D eigenvalue weighted by Gasteiger charge is -2.28. The highest BCUT2D eigenvalue weighted by molar-refractivity contribution is 5.87. The molecule has 4 rings (SSSR count). The number of hydrogen-bond donors (Lipinski definition) is 2. The zero-order valence-corrected chi connectivity index (χ0v) is 18.6. The van der Waals surface area contributed by atoms with Gasteiger partial charge in [-0.25, -0.2) is 4.98 Å². The number of carbonyl (C=O) groups is 1. The van der Waals surface area contributed by atoms with Crippen LogP contribution < -0.4 is 11.1 Å². The van der Waals surface area contributed by atoms with Gasteiger partial charge in [-0.1, -0.05) is 43.2 Å². The molecule has 0 saturated carbocycles. The molecule has 0 spiro atoms. The second kappa shape index (κ2) is 9.42. The highest BCUT2D eigenvalue weighted by atomic mass is 16.5. The van der Waals surface area contributed by atoms with E-state index in [-0.39, 0.29) is 24.0 Å². The minimum atomic E-state index is -0.233. The maximum absolute atomic E-state index is 12.8. The Labute approximate surface area is 189 Å². The molecule has 0 unspecified atom stereocenters. The fourth-order valence-electron chi connectivity index (χ4n) is 4.27. The molecule has 164 valence electrons. The van der Waals surface area contributed by atoms with E-state index in [1.165, 1.54) is 11.1 Å². The Hall–Kier alpha value is -3.36. The van der Waals surface area contributed by atoms with Crippen LogP contribution in [-0.4, -0.2) is 29.6 Å². The minimum absolute atomic E-state index is 0.000768. The average Bonchev–Trinajstić information content (AvgIpc) is 2.79. The Bertz CT molecular complexity index is 1180. The second-order valence-electron chi connectivity index (χ2n) is 8.62. The van der Waals surface area contributed by atoms with Gasteiger partial charge in [-0.05, 0) is 60.2 Å². The molecule has 1 fully saturated rings. The van der Waals surface area contributed by atoms with E-state index in [1.807, 2.05) is 25.1 Å². The van der Waals surface area contributed by atoms with E-state index in [0.29, 0.717) is 25.3 Å². The lowest BCUT2D eigenvalue weighted by Crippen LogP contribution is -2.44. The van der Waals surface area contributed by atoms with Crippen LogP contribution in [0.3, 0.4) is 0 Å². The van der Waals surface area contributed by atoms with E-state index >= 15 is 0 Å². The van der Waals surface area contributed by atoms with Crippen molar-refractivity contribution in [3.8, 4) is 23.5 Å². The molecule has 0 bridgehead atoms. The van der Waals surface area contributed by atoms with Gasteiger partial charge in [0.1, 0.15) is 11.9 Å². The van der Waals surface area contributed by atoms with Crippen LogP contribution in [0.1, 0.15) is 30.9 Å². The van der Waals surface area contributed by atoms with Crippen LogP contribution in [0.25, 0.3) is 22.0 Å². The normalized spacial score (nSPS) is 19.3. The summed E-state index contributed by atoms with van der Waals surface area (Å²) in [7, 11) is 0. The molecule has 1 aliphatic heterocycles. The number of nitrogen functional groups attached to an aromatic ring is 1. The fraction of sp³-hybridized carbons (Fsp3) is 0.333. The first kappa shape index (κ1) is 21.9. The summed E-state index contributed by atoms with van der Waals surface area (Å²) in [5.74, 6) is 2.86. The lowest BCUT2D eigenvalue weighted by molar-refractivity contribution is -0.126. The third-order valence-corrected chi connectivity index (χ3v) is 6.17. The smallest absolute Gasteiger partial charge is 0.223 e. The zero-order valence-electron chi connectivity index (χ0n) is 18.6. The Morgan fingerprint density at radius 2 is 2.12 bits per heavy atom. The molecule has 3 N–H and O–H groups in total. The molecule has 1 aliphatic rings. The summed E-state index contributed by atoms with van der Waals surface area (Å²) < 4.78 is 5.49. The molecule has 2 aromatic carbocycles. The SMILES string of the molecule is C#C[C@H]1C[C@@H](NC(=O)[C@H](C)Cc2cc3cc(-c4ccccc4C)ccc3nc2N)CCO1. The predicted molar refractivity (Wildman–Crippen MR) is 129 cm³/mol. The number of benzene rings is 2. The van der Waals surface area contributed by atoms with Crippen LogP contribution in [0.4, 0.5) is 5.82 Å². The van der Waals surface area contributed by atoms with Gasteiger partial charge in [-0.15, -0.1) is 6.42 Å². The maximum Gasteiger partial charge on any atom is 0.223 e. The molecule has 3 aromatic rings. The topological polar surface area (TPSA) is 77.2 Å². The molecule has 1 aromatic heterocycles. The minimum Gasteiger partial charge on any atom is -0.383 e. The van der Waals surface area contributed by atoms with Crippen molar-refractivity contribution in [3.63, 3.8) is 0 Å². The number of amides is 1. The number of nitrogens with two attached hydrogens (primary N) is 1. The molecule has 1 amide bonds. The number of anilines is 1. The standard InChI is InChI=1S/C27H29N3O2/c1-4-23-16-22(11-12-32-23)29-27(31)18(3)13-21-15-20-14-19(9-10-25(20)30-26(21)28)24-8-6-5-7-17(24)2/h1,5-10,14-15,18,22-23H,11-13,16H2,2-3H3,(H2,28,30)(H,29,31)/t18-,22+,23+/m1/s1. The molecule has 3 atom stereocenters. The highest BCUT2D eigenvalue weighted by Gasteiger charge is 2.25. The third kappa shape index (κ3) is 4.76. The van der Waals surface area contributed by atoms with Crippen LogP contribution in [0.2, 0.25) is 0 Å². The zero-order chi connectivity index (χ0) is 22.7. The van der Waals surface area contributed by atoms with Crippen LogP contribution in [0.15, 0.2) is 48.5 Å². The summed E-state index contributed by atoms with van der Waals surface area (Å²) in [5.41, 5.74) is 11.5. The molecule has 5 nitrogen and oxygen atoms in total. The summed E-state index contributed by atoms with van der Waals surface area (Å²) in [6.45, 7) is 4.59.